The Labute approximate surface area is 87.9 Å². The van der Waals surface area contributed by atoms with E-state index >= 15 is 0 Å². The molecule has 0 spiro atoms. The Bertz CT molecular complexity index is 461. The largest absolute Gasteiger partial charge is 0.489 e. The normalized spacial score (nSPS) is 31.3. The fraction of sp³-hybridized carbons (Fsp3) is 0.154. The highest BCUT2D eigenvalue weighted by Gasteiger charge is 2.31. The van der Waals surface area contributed by atoms with Gasteiger partial charge >= 0.3 is 0 Å². The minimum atomic E-state index is -0.104. The monoisotopic (exact) mass is 198 g/mol. The van der Waals surface area contributed by atoms with Crippen molar-refractivity contribution in [3.8, 4) is 0 Å². The van der Waals surface area contributed by atoms with E-state index in [0.29, 0.717) is 0 Å². The quantitative estimate of drug-likeness (QED) is 0.557. The topological polar surface area (TPSA) is 26.3 Å². The Hall–Kier alpha value is -1.83. The molecule has 0 fully saturated rings. The maximum atomic E-state index is 11.6. The van der Waals surface area contributed by atoms with Crippen LogP contribution in [0.5, 0.6) is 0 Å². The van der Waals surface area contributed by atoms with Crippen LogP contribution < -0.4 is 0 Å². The molecule has 2 nitrogen and oxygen atoms in total. The Morgan fingerprint density at radius 2 is 1.93 bits per heavy atom. The first-order valence-electron chi connectivity index (χ1n) is 4.99. The van der Waals surface area contributed by atoms with Crippen molar-refractivity contribution in [3.63, 3.8) is 0 Å². The third-order valence-electron chi connectivity index (χ3n) is 2.88. The lowest BCUT2D eigenvalue weighted by Crippen LogP contribution is -2.27. The zero-order valence-corrected chi connectivity index (χ0v) is 8.09. The van der Waals surface area contributed by atoms with E-state index in [1.807, 2.05) is 36.5 Å². The summed E-state index contributed by atoms with van der Waals surface area (Å²) in [7, 11) is 0. The lowest BCUT2D eigenvalue weighted by atomic mass is 9.79. The highest BCUT2D eigenvalue weighted by atomic mass is 16.5. The summed E-state index contributed by atoms with van der Waals surface area (Å²) < 4.78 is 5.45. The minimum absolute atomic E-state index is 0.0169. The Kier molecular flexibility index (Phi) is 1.75. The molecule has 1 heterocycles. The van der Waals surface area contributed by atoms with E-state index in [1.54, 1.807) is 12.3 Å². The molecule has 0 aromatic rings. The second-order valence-electron chi connectivity index (χ2n) is 3.75. The van der Waals surface area contributed by atoms with Crippen molar-refractivity contribution in [1.29, 1.82) is 0 Å². The maximum absolute atomic E-state index is 11.6. The molecule has 0 aromatic carbocycles. The fourth-order valence-electron chi connectivity index (χ4n) is 2.14. The SMILES string of the molecule is O=C1C=CC=C2C3=CC=COC3C=CC12. The van der Waals surface area contributed by atoms with Crippen LogP contribution in [-0.2, 0) is 9.53 Å². The third kappa shape index (κ3) is 1.22. The van der Waals surface area contributed by atoms with Gasteiger partial charge in [-0.25, -0.2) is 0 Å². The average molecular weight is 198 g/mol. The van der Waals surface area contributed by atoms with E-state index in [9.17, 15) is 4.79 Å². The number of hydrogen-bond acceptors (Lipinski definition) is 2. The van der Waals surface area contributed by atoms with Crippen molar-refractivity contribution < 1.29 is 9.53 Å². The van der Waals surface area contributed by atoms with Crippen LogP contribution in [0.3, 0.4) is 0 Å². The summed E-state index contributed by atoms with van der Waals surface area (Å²) in [6.45, 7) is 0. The van der Waals surface area contributed by atoms with Gasteiger partial charge in [0.2, 0.25) is 0 Å². The number of allylic oxidation sites excluding steroid dienone is 6. The first-order valence-corrected chi connectivity index (χ1v) is 4.99. The molecule has 0 amide bonds. The molecule has 74 valence electrons. The summed E-state index contributed by atoms with van der Waals surface area (Å²) in [4.78, 5) is 11.6. The first-order chi connectivity index (χ1) is 7.36. The summed E-state index contributed by atoms with van der Waals surface area (Å²) in [5.41, 5.74) is 2.17. The molecule has 3 rings (SSSR count). The molecule has 0 aromatic heterocycles. The molecule has 0 N–H and O–H groups in total. The molecule has 2 unspecified atom stereocenters. The molecule has 0 radical (unpaired) electrons. The standard InChI is InChI=1S/C13H10O2/c14-12-5-1-3-9-10(12)6-7-13-11(9)4-2-8-15-13/h1-8,10,13H. The molecule has 3 aliphatic rings. The van der Waals surface area contributed by atoms with Gasteiger partial charge in [-0.1, -0.05) is 24.3 Å². The van der Waals surface area contributed by atoms with Crippen molar-refractivity contribution in [1.82, 2.24) is 0 Å². The molecule has 2 aliphatic carbocycles. The van der Waals surface area contributed by atoms with Crippen LogP contribution in [-0.4, -0.2) is 11.9 Å². The van der Waals surface area contributed by atoms with Gasteiger partial charge in [0.15, 0.2) is 5.78 Å². The van der Waals surface area contributed by atoms with Gasteiger partial charge in [-0.3, -0.25) is 4.79 Å². The van der Waals surface area contributed by atoms with Crippen molar-refractivity contribution in [3.05, 3.63) is 59.9 Å². The lowest BCUT2D eigenvalue weighted by Gasteiger charge is -2.30. The second kappa shape index (κ2) is 3.09. The van der Waals surface area contributed by atoms with Crippen molar-refractivity contribution >= 4 is 5.78 Å². The number of carbonyl (C=O) groups excluding carboxylic acids is 1. The van der Waals surface area contributed by atoms with Gasteiger partial charge in [-0.15, -0.1) is 0 Å². The van der Waals surface area contributed by atoms with Gasteiger partial charge in [0, 0.05) is 5.57 Å². The number of hydrogen-bond donors (Lipinski definition) is 0. The summed E-state index contributed by atoms with van der Waals surface area (Å²) in [6, 6.07) is 0. The van der Waals surface area contributed by atoms with Crippen molar-refractivity contribution in [2.24, 2.45) is 5.92 Å². The highest BCUT2D eigenvalue weighted by Crippen LogP contribution is 2.35. The summed E-state index contributed by atoms with van der Waals surface area (Å²) in [6.07, 6.45) is 14.9. The van der Waals surface area contributed by atoms with E-state index in [1.165, 1.54) is 0 Å². The van der Waals surface area contributed by atoms with Gasteiger partial charge in [0.25, 0.3) is 0 Å². The number of fused-ring (bicyclic) bond motifs is 3. The number of ketones is 1. The molecular formula is C13H10O2. The number of carbonyl (C=O) groups is 1. The van der Waals surface area contributed by atoms with Crippen LogP contribution in [0.15, 0.2) is 59.9 Å². The van der Waals surface area contributed by atoms with Gasteiger partial charge in [0.05, 0.1) is 12.2 Å². The Balaban J connectivity index is 2.12. The summed E-state index contributed by atoms with van der Waals surface area (Å²) in [5, 5.41) is 0. The van der Waals surface area contributed by atoms with Crippen molar-refractivity contribution in [2.75, 3.05) is 0 Å². The molecule has 2 heteroatoms. The molecule has 0 saturated carbocycles. The van der Waals surface area contributed by atoms with Crippen LogP contribution in [0.25, 0.3) is 0 Å². The van der Waals surface area contributed by atoms with Gasteiger partial charge in [-0.2, -0.15) is 0 Å². The average Bonchev–Trinajstić information content (AvgIpc) is 2.29. The second-order valence-corrected chi connectivity index (χ2v) is 3.75. The predicted octanol–water partition coefficient (Wildman–Crippen LogP) is 2.08. The molecule has 0 bridgehead atoms. The lowest BCUT2D eigenvalue weighted by molar-refractivity contribution is -0.116. The van der Waals surface area contributed by atoms with Gasteiger partial charge in [0.1, 0.15) is 6.10 Å². The Morgan fingerprint density at radius 3 is 2.87 bits per heavy atom. The first kappa shape index (κ1) is 8.48. The Morgan fingerprint density at radius 1 is 1.07 bits per heavy atom. The van der Waals surface area contributed by atoms with E-state index in [2.05, 4.69) is 0 Å². The van der Waals surface area contributed by atoms with Crippen LogP contribution >= 0.6 is 0 Å². The summed E-state index contributed by atoms with van der Waals surface area (Å²) >= 11 is 0. The molecule has 2 atom stereocenters. The van der Waals surface area contributed by atoms with E-state index in [4.69, 9.17) is 4.74 Å². The fourth-order valence-corrected chi connectivity index (χ4v) is 2.14. The van der Waals surface area contributed by atoms with Crippen molar-refractivity contribution in [2.45, 2.75) is 6.10 Å². The van der Waals surface area contributed by atoms with Gasteiger partial charge in [-0.05, 0) is 23.8 Å². The number of ether oxygens (including phenoxy) is 1. The minimum Gasteiger partial charge on any atom is -0.489 e. The van der Waals surface area contributed by atoms with E-state index in [0.717, 1.165) is 11.1 Å². The summed E-state index contributed by atoms with van der Waals surface area (Å²) in [5.74, 6) is 0.0465. The van der Waals surface area contributed by atoms with Crippen LogP contribution in [0.2, 0.25) is 0 Å². The third-order valence-corrected chi connectivity index (χ3v) is 2.88. The zero-order valence-electron chi connectivity index (χ0n) is 8.09. The van der Waals surface area contributed by atoms with Crippen LogP contribution in [0.4, 0.5) is 0 Å². The van der Waals surface area contributed by atoms with Crippen LogP contribution in [0.1, 0.15) is 0 Å². The zero-order chi connectivity index (χ0) is 10.3. The molecule has 15 heavy (non-hydrogen) atoms. The van der Waals surface area contributed by atoms with E-state index in [-0.39, 0.29) is 17.8 Å². The smallest absolute Gasteiger partial charge is 0.166 e. The maximum Gasteiger partial charge on any atom is 0.166 e. The van der Waals surface area contributed by atoms with E-state index < -0.39 is 0 Å². The predicted molar refractivity (Wildman–Crippen MR) is 57.0 cm³/mol. The number of rotatable bonds is 0. The molecule has 0 saturated heterocycles. The molecular weight excluding hydrogens is 188 g/mol. The highest BCUT2D eigenvalue weighted by molar-refractivity contribution is 5.98. The molecule has 1 aliphatic heterocycles. The van der Waals surface area contributed by atoms with Gasteiger partial charge < -0.3 is 4.74 Å². The van der Waals surface area contributed by atoms with Crippen LogP contribution in [0, 0.1) is 5.92 Å².